The number of hydrogen-bond acceptors (Lipinski definition) is 1. The van der Waals surface area contributed by atoms with Crippen molar-refractivity contribution in [2.75, 3.05) is 0 Å². The van der Waals surface area contributed by atoms with Gasteiger partial charge in [-0.15, -0.1) is 0 Å². The van der Waals surface area contributed by atoms with E-state index in [1.54, 1.807) is 12.1 Å². The molecular formula is C11H19Cl2N. The van der Waals surface area contributed by atoms with E-state index < -0.39 is 0 Å². The predicted octanol–water partition coefficient (Wildman–Crippen LogP) is 4.50. The van der Waals surface area contributed by atoms with Gasteiger partial charge in [-0.3, -0.25) is 0 Å². The Balaban J connectivity index is 0. The second kappa shape index (κ2) is 10.8. The minimum atomic E-state index is 0.454. The highest BCUT2D eigenvalue weighted by Gasteiger charge is 1.96. The molecule has 0 aliphatic heterocycles. The molecule has 0 saturated carbocycles. The lowest BCUT2D eigenvalue weighted by atomic mass is 10.2. The summed E-state index contributed by atoms with van der Waals surface area (Å²) in [5.41, 5.74) is 6.30. The maximum atomic E-state index is 5.77. The molecule has 82 valence electrons. The van der Waals surface area contributed by atoms with Crippen LogP contribution in [-0.2, 0) is 6.54 Å². The van der Waals surface area contributed by atoms with Crippen molar-refractivity contribution in [3.05, 3.63) is 33.8 Å². The lowest BCUT2D eigenvalue weighted by molar-refractivity contribution is 1.07. The van der Waals surface area contributed by atoms with Crippen LogP contribution in [0.1, 0.15) is 33.3 Å². The standard InChI is InChI=1S/C7H7Cl2N.2C2H6/c8-6-2-1-5(4-10)7(9)3-6;2*1-2/h1-3H,4,10H2;2*1-2H3. The minimum absolute atomic E-state index is 0.454. The lowest BCUT2D eigenvalue weighted by Crippen LogP contribution is -1.96. The summed E-state index contributed by atoms with van der Waals surface area (Å²) in [5, 5.41) is 1.28. The fourth-order valence-electron chi connectivity index (χ4n) is 0.687. The Morgan fingerprint density at radius 1 is 1.07 bits per heavy atom. The highest BCUT2D eigenvalue weighted by Crippen LogP contribution is 2.19. The molecule has 0 spiro atoms. The second-order valence-electron chi connectivity index (χ2n) is 1.94. The van der Waals surface area contributed by atoms with Gasteiger partial charge in [-0.1, -0.05) is 57.0 Å². The van der Waals surface area contributed by atoms with E-state index in [9.17, 15) is 0 Å². The topological polar surface area (TPSA) is 26.0 Å². The first-order valence-corrected chi connectivity index (χ1v) is 5.63. The molecule has 0 saturated heterocycles. The van der Waals surface area contributed by atoms with Crippen LogP contribution in [0.15, 0.2) is 18.2 Å². The fraction of sp³-hybridized carbons (Fsp3) is 0.455. The summed E-state index contributed by atoms with van der Waals surface area (Å²) in [6.45, 7) is 8.45. The molecule has 3 heteroatoms. The zero-order chi connectivity index (χ0) is 11.6. The van der Waals surface area contributed by atoms with Gasteiger partial charge in [0.1, 0.15) is 0 Å². The van der Waals surface area contributed by atoms with E-state index in [1.165, 1.54) is 0 Å². The van der Waals surface area contributed by atoms with Gasteiger partial charge in [-0.25, -0.2) is 0 Å². The molecule has 1 aromatic carbocycles. The quantitative estimate of drug-likeness (QED) is 0.763. The molecule has 1 nitrogen and oxygen atoms in total. The van der Waals surface area contributed by atoms with E-state index in [-0.39, 0.29) is 0 Å². The summed E-state index contributed by atoms with van der Waals surface area (Å²) < 4.78 is 0. The summed E-state index contributed by atoms with van der Waals surface area (Å²) in [6.07, 6.45) is 0. The van der Waals surface area contributed by atoms with Gasteiger partial charge in [0.2, 0.25) is 0 Å². The molecule has 0 unspecified atom stereocenters. The van der Waals surface area contributed by atoms with Gasteiger partial charge in [0.25, 0.3) is 0 Å². The van der Waals surface area contributed by atoms with Crippen LogP contribution in [-0.4, -0.2) is 0 Å². The third-order valence-corrected chi connectivity index (χ3v) is 1.82. The maximum absolute atomic E-state index is 5.77. The van der Waals surface area contributed by atoms with Crippen LogP contribution in [0.25, 0.3) is 0 Å². The van der Waals surface area contributed by atoms with Crippen molar-refractivity contribution in [3.63, 3.8) is 0 Å². The lowest BCUT2D eigenvalue weighted by Gasteiger charge is -1.98. The van der Waals surface area contributed by atoms with E-state index in [1.807, 2.05) is 33.8 Å². The van der Waals surface area contributed by atoms with Crippen molar-refractivity contribution in [2.45, 2.75) is 34.2 Å². The highest BCUT2D eigenvalue weighted by atomic mass is 35.5. The number of halogens is 2. The smallest absolute Gasteiger partial charge is 0.0465 e. The van der Waals surface area contributed by atoms with Crippen LogP contribution in [0.5, 0.6) is 0 Å². The van der Waals surface area contributed by atoms with Crippen molar-refractivity contribution in [1.82, 2.24) is 0 Å². The van der Waals surface area contributed by atoms with Crippen molar-refractivity contribution >= 4 is 23.2 Å². The molecule has 0 aromatic heterocycles. The van der Waals surface area contributed by atoms with Crippen molar-refractivity contribution in [3.8, 4) is 0 Å². The van der Waals surface area contributed by atoms with Crippen LogP contribution in [0.4, 0.5) is 0 Å². The Kier molecular flexibility index (Phi) is 12.5. The molecule has 1 rings (SSSR count). The Bertz CT molecular complexity index is 237. The molecule has 0 bridgehead atoms. The number of rotatable bonds is 1. The van der Waals surface area contributed by atoms with Crippen molar-refractivity contribution < 1.29 is 0 Å². The zero-order valence-corrected chi connectivity index (χ0v) is 10.8. The van der Waals surface area contributed by atoms with E-state index >= 15 is 0 Å². The van der Waals surface area contributed by atoms with Gasteiger partial charge in [-0.05, 0) is 17.7 Å². The van der Waals surface area contributed by atoms with Gasteiger partial charge in [0.05, 0.1) is 0 Å². The summed E-state index contributed by atoms with van der Waals surface area (Å²) >= 11 is 11.4. The van der Waals surface area contributed by atoms with Gasteiger partial charge in [0, 0.05) is 16.6 Å². The Hall–Kier alpha value is -0.240. The van der Waals surface area contributed by atoms with E-state index in [0.29, 0.717) is 16.6 Å². The summed E-state index contributed by atoms with van der Waals surface area (Å²) in [7, 11) is 0. The average molecular weight is 236 g/mol. The molecule has 0 amide bonds. The molecular weight excluding hydrogens is 217 g/mol. The molecule has 2 N–H and O–H groups in total. The third-order valence-electron chi connectivity index (χ3n) is 1.24. The summed E-state index contributed by atoms with van der Waals surface area (Å²) in [6, 6.07) is 5.28. The average Bonchev–Trinajstić information content (AvgIpc) is 2.24. The van der Waals surface area contributed by atoms with Gasteiger partial charge < -0.3 is 5.73 Å². The van der Waals surface area contributed by atoms with Gasteiger partial charge in [0.15, 0.2) is 0 Å². The van der Waals surface area contributed by atoms with Crippen molar-refractivity contribution in [2.24, 2.45) is 5.73 Å². The van der Waals surface area contributed by atoms with Crippen LogP contribution >= 0.6 is 23.2 Å². The first kappa shape index (κ1) is 16.2. The molecule has 0 radical (unpaired) electrons. The number of nitrogens with two attached hydrogens (primary N) is 1. The molecule has 0 heterocycles. The fourth-order valence-corrected chi connectivity index (χ4v) is 1.17. The predicted molar refractivity (Wildman–Crippen MR) is 67.0 cm³/mol. The van der Waals surface area contributed by atoms with Crippen LogP contribution in [0.3, 0.4) is 0 Å². The van der Waals surface area contributed by atoms with Gasteiger partial charge in [-0.2, -0.15) is 0 Å². The van der Waals surface area contributed by atoms with Crippen LogP contribution in [0, 0.1) is 0 Å². The second-order valence-corrected chi connectivity index (χ2v) is 2.78. The Morgan fingerprint density at radius 2 is 1.57 bits per heavy atom. The zero-order valence-electron chi connectivity index (χ0n) is 9.27. The maximum Gasteiger partial charge on any atom is 0.0465 e. The Labute approximate surface area is 97.2 Å². The van der Waals surface area contributed by atoms with Gasteiger partial charge >= 0.3 is 0 Å². The summed E-state index contributed by atoms with van der Waals surface area (Å²) in [4.78, 5) is 0. The molecule has 0 fully saturated rings. The normalized spacial score (nSPS) is 7.93. The van der Waals surface area contributed by atoms with E-state index in [0.717, 1.165) is 5.56 Å². The molecule has 1 aromatic rings. The molecule has 14 heavy (non-hydrogen) atoms. The first-order chi connectivity index (χ1) is 6.74. The minimum Gasteiger partial charge on any atom is -0.326 e. The Morgan fingerprint density at radius 3 is 1.93 bits per heavy atom. The molecule has 0 aliphatic carbocycles. The molecule has 0 atom stereocenters. The monoisotopic (exact) mass is 235 g/mol. The van der Waals surface area contributed by atoms with Crippen LogP contribution in [0.2, 0.25) is 10.0 Å². The largest absolute Gasteiger partial charge is 0.326 e. The number of hydrogen-bond donors (Lipinski definition) is 1. The first-order valence-electron chi connectivity index (χ1n) is 4.88. The van der Waals surface area contributed by atoms with Crippen molar-refractivity contribution in [1.29, 1.82) is 0 Å². The highest BCUT2D eigenvalue weighted by molar-refractivity contribution is 6.35. The SMILES string of the molecule is CC.CC.NCc1ccc(Cl)cc1Cl. The summed E-state index contributed by atoms with van der Waals surface area (Å²) in [5.74, 6) is 0. The van der Waals surface area contributed by atoms with E-state index in [2.05, 4.69) is 0 Å². The third kappa shape index (κ3) is 6.25. The van der Waals surface area contributed by atoms with Crippen LogP contribution < -0.4 is 5.73 Å². The number of benzene rings is 1. The molecule has 0 aliphatic rings. The van der Waals surface area contributed by atoms with E-state index in [4.69, 9.17) is 28.9 Å².